The third kappa shape index (κ3) is 4.74. The lowest BCUT2D eigenvalue weighted by Crippen LogP contribution is -2.54. The second-order valence-electron chi connectivity index (χ2n) is 8.55. The highest BCUT2D eigenvalue weighted by atomic mass is 32.2. The first-order valence-electron chi connectivity index (χ1n) is 10.5. The standard InChI is InChI=1S/C21H27N5O5S2/c1-14-4-6-18(7-5-14)33(30,31)26-9-8-19-20(22-13-23-21(19)26)25(3)17-10-16(11-17)24-32(28,29)12-15(2)27/h4-9,13,15-17,24,27H,10-12H2,1-3H3/t15-,16-,17+/m0/s1. The molecule has 2 N–H and O–H groups in total. The monoisotopic (exact) mass is 493 g/mol. The SMILES string of the molecule is Cc1ccc(S(=O)(=O)n2ccc3c(N(C)[C@H]4C[C@@H](NS(=O)(=O)C[C@H](C)O)C4)ncnc32)cc1. The van der Waals surface area contributed by atoms with E-state index in [0.29, 0.717) is 24.0 Å². The number of benzene rings is 1. The maximum atomic E-state index is 13.2. The van der Waals surface area contributed by atoms with Crippen molar-refractivity contribution in [2.45, 2.75) is 49.8 Å². The van der Waals surface area contributed by atoms with Crippen molar-refractivity contribution >= 4 is 36.9 Å². The van der Waals surface area contributed by atoms with Crippen LogP contribution in [-0.4, -0.2) is 66.9 Å². The van der Waals surface area contributed by atoms with E-state index in [0.717, 1.165) is 9.54 Å². The molecule has 3 aromatic rings. The van der Waals surface area contributed by atoms with Crippen LogP contribution in [-0.2, 0) is 20.0 Å². The second-order valence-corrected chi connectivity index (χ2v) is 12.2. The first-order valence-corrected chi connectivity index (χ1v) is 13.6. The summed E-state index contributed by atoms with van der Waals surface area (Å²) in [6.07, 6.45) is 3.01. The molecule has 1 aliphatic rings. The summed E-state index contributed by atoms with van der Waals surface area (Å²) in [7, 11) is -5.52. The van der Waals surface area contributed by atoms with Gasteiger partial charge in [-0.2, -0.15) is 0 Å². The summed E-state index contributed by atoms with van der Waals surface area (Å²) in [6, 6.07) is 8.11. The maximum Gasteiger partial charge on any atom is 0.269 e. The molecule has 1 aromatic carbocycles. The number of hydrogen-bond acceptors (Lipinski definition) is 8. The van der Waals surface area contributed by atoms with Crippen LogP contribution in [0.15, 0.2) is 47.8 Å². The van der Waals surface area contributed by atoms with E-state index < -0.39 is 26.2 Å². The number of nitrogens with zero attached hydrogens (tertiary/aromatic N) is 4. The number of aliphatic hydroxyl groups excluding tert-OH is 1. The molecule has 0 amide bonds. The molecule has 4 rings (SSSR count). The number of anilines is 1. The van der Waals surface area contributed by atoms with Gasteiger partial charge in [0.2, 0.25) is 10.0 Å². The summed E-state index contributed by atoms with van der Waals surface area (Å²) >= 11 is 0. The van der Waals surface area contributed by atoms with E-state index in [-0.39, 0.29) is 28.4 Å². The van der Waals surface area contributed by atoms with Crippen LogP contribution in [0.4, 0.5) is 5.82 Å². The smallest absolute Gasteiger partial charge is 0.269 e. The summed E-state index contributed by atoms with van der Waals surface area (Å²) in [5.74, 6) is 0.243. The Balaban J connectivity index is 1.55. The minimum atomic E-state index is -3.82. The summed E-state index contributed by atoms with van der Waals surface area (Å²) in [4.78, 5) is 10.7. The van der Waals surface area contributed by atoms with E-state index in [2.05, 4.69) is 14.7 Å². The van der Waals surface area contributed by atoms with Crippen molar-refractivity contribution in [2.24, 2.45) is 0 Å². The fourth-order valence-electron chi connectivity index (χ4n) is 4.01. The van der Waals surface area contributed by atoms with E-state index >= 15 is 0 Å². The van der Waals surface area contributed by atoms with E-state index in [1.54, 1.807) is 30.3 Å². The molecule has 0 aliphatic heterocycles. The van der Waals surface area contributed by atoms with Gasteiger partial charge in [0, 0.05) is 25.3 Å². The van der Waals surface area contributed by atoms with Gasteiger partial charge in [0.25, 0.3) is 10.0 Å². The zero-order valence-corrected chi connectivity index (χ0v) is 20.2. The Morgan fingerprint density at radius 1 is 1.15 bits per heavy atom. The Kier molecular flexibility index (Phi) is 6.20. The Bertz CT molecular complexity index is 1360. The van der Waals surface area contributed by atoms with Crippen LogP contribution in [0.3, 0.4) is 0 Å². The third-order valence-electron chi connectivity index (χ3n) is 5.81. The summed E-state index contributed by atoms with van der Waals surface area (Å²) in [5, 5.41) is 9.93. The molecule has 0 saturated heterocycles. The molecule has 1 fully saturated rings. The molecular weight excluding hydrogens is 466 g/mol. The summed E-state index contributed by atoms with van der Waals surface area (Å²) in [5.41, 5.74) is 1.24. The fourth-order valence-corrected chi connectivity index (χ4v) is 6.74. The first kappa shape index (κ1) is 23.6. The Morgan fingerprint density at radius 3 is 2.45 bits per heavy atom. The van der Waals surface area contributed by atoms with Crippen LogP contribution < -0.4 is 9.62 Å². The molecule has 10 nitrogen and oxygen atoms in total. The average molecular weight is 494 g/mol. The van der Waals surface area contributed by atoms with Crippen molar-refractivity contribution in [1.82, 2.24) is 18.7 Å². The molecule has 12 heteroatoms. The number of aryl methyl sites for hydroxylation is 1. The van der Waals surface area contributed by atoms with Gasteiger partial charge < -0.3 is 10.0 Å². The normalized spacial score (nSPS) is 19.9. The van der Waals surface area contributed by atoms with Gasteiger partial charge >= 0.3 is 0 Å². The highest BCUT2D eigenvalue weighted by Crippen LogP contribution is 2.33. The van der Waals surface area contributed by atoms with Gasteiger partial charge in [-0.1, -0.05) is 17.7 Å². The predicted octanol–water partition coefficient (Wildman–Crippen LogP) is 1.24. The van der Waals surface area contributed by atoms with Gasteiger partial charge in [0.1, 0.15) is 12.1 Å². The fraction of sp³-hybridized carbons (Fsp3) is 0.429. The number of hydrogen-bond donors (Lipinski definition) is 2. The molecule has 0 radical (unpaired) electrons. The van der Waals surface area contributed by atoms with Gasteiger partial charge in [-0.15, -0.1) is 0 Å². The van der Waals surface area contributed by atoms with E-state index in [1.807, 2.05) is 18.9 Å². The van der Waals surface area contributed by atoms with Crippen LogP contribution in [0.5, 0.6) is 0 Å². The number of nitrogens with one attached hydrogen (secondary N) is 1. The largest absolute Gasteiger partial charge is 0.392 e. The van der Waals surface area contributed by atoms with Gasteiger partial charge in [-0.25, -0.2) is 35.5 Å². The minimum Gasteiger partial charge on any atom is -0.392 e. The van der Waals surface area contributed by atoms with E-state index in [9.17, 15) is 21.9 Å². The zero-order valence-electron chi connectivity index (χ0n) is 18.6. The Labute approximate surface area is 193 Å². The van der Waals surface area contributed by atoms with Crippen LogP contribution in [0.1, 0.15) is 25.3 Å². The molecule has 0 unspecified atom stereocenters. The quantitative estimate of drug-likeness (QED) is 0.479. The molecule has 0 bridgehead atoms. The van der Waals surface area contributed by atoms with Gasteiger partial charge in [0.05, 0.1) is 22.1 Å². The van der Waals surface area contributed by atoms with Crippen molar-refractivity contribution in [1.29, 1.82) is 0 Å². The van der Waals surface area contributed by atoms with E-state index in [4.69, 9.17) is 0 Å². The molecular formula is C21H27N5O5S2. The van der Waals surface area contributed by atoms with Crippen LogP contribution in [0.25, 0.3) is 11.0 Å². The first-order chi connectivity index (χ1) is 15.5. The highest BCUT2D eigenvalue weighted by molar-refractivity contribution is 7.90. The van der Waals surface area contributed by atoms with Crippen LogP contribution >= 0.6 is 0 Å². The van der Waals surface area contributed by atoms with Crippen LogP contribution in [0.2, 0.25) is 0 Å². The molecule has 2 heterocycles. The molecule has 2 aromatic heterocycles. The van der Waals surface area contributed by atoms with Crippen molar-refractivity contribution < 1.29 is 21.9 Å². The van der Waals surface area contributed by atoms with Gasteiger partial charge in [-0.3, -0.25) is 0 Å². The number of rotatable bonds is 8. The molecule has 1 aliphatic carbocycles. The Morgan fingerprint density at radius 2 is 1.82 bits per heavy atom. The van der Waals surface area contributed by atoms with Crippen molar-refractivity contribution in [3.8, 4) is 0 Å². The Hall–Kier alpha value is -2.54. The lowest BCUT2D eigenvalue weighted by atomic mass is 9.86. The average Bonchev–Trinajstić information content (AvgIpc) is 3.14. The second kappa shape index (κ2) is 8.67. The van der Waals surface area contributed by atoms with Gasteiger partial charge in [-0.05, 0) is 44.9 Å². The lowest BCUT2D eigenvalue weighted by Gasteiger charge is -2.42. The van der Waals surface area contributed by atoms with Crippen molar-refractivity contribution in [3.05, 3.63) is 48.4 Å². The predicted molar refractivity (Wildman–Crippen MR) is 125 cm³/mol. The number of fused-ring (bicyclic) bond motifs is 1. The number of aromatic nitrogens is 3. The molecule has 178 valence electrons. The van der Waals surface area contributed by atoms with Crippen molar-refractivity contribution in [2.75, 3.05) is 17.7 Å². The summed E-state index contributed by atoms with van der Waals surface area (Å²) in [6.45, 7) is 3.32. The zero-order chi connectivity index (χ0) is 24.0. The highest BCUT2D eigenvalue weighted by Gasteiger charge is 2.36. The molecule has 33 heavy (non-hydrogen) atoms. The lowest BCUT2D eigenvalue weighted by molar-refractivity contribution is 0.217. The van der Waals surface area contributed by atoms with Crippen LogP contribution in [0, 0.1) is 6.92 Å². The van der Waals surface area contributed by atoms with E-state index in [1.165, 1.54) is 19.4 Å². The molecule has 0 spiro atoms. The maximum absolute atomic E-state index is 13.2. The minimum absolute atomic E-state index is 0.0272. The third-order valence-corrected chi connectivity index (χ3v) is 9.10. The van der Waals surface area contributed by atoms with Gasteiger partial charge in [0.15, 0.2) is 5.65 Å². The summed E-state index contributed by atoms with van der Waals surface area (Å²) < 4.78 is 54.2. The number of sulfonamides is 1. The topological polar surface area (TPSA) is 134 Å². The van der Waals surface area contributed by atoms with Crippen molar-refractivity contribution in [3.63, 3.8) is 0 Å². The molecule has 1 atom stereocenters. The number of aliphatic hydroxyl groups is 1. The molecule has 1 saturated carbocycles.